The maximum atomic E-state index is 13.2. The first kappa shape index (κ1) is 19.0. The molecule has 0 fully saturated rings. The van der Waals surface area contributed by atoms with Crippen molar-refractivity contribution in [1.29, 1.82) is 0 Å². The first-order chi connectivity index (χ1) is 11.8. The number of benzene rings is 1. The van der Waals surface area contributed by atoms with E-state index in [2.05, 4.69) is 15.6 Å². The van der Waals surface area contributed by atoms with Crippen molar-refractivity contribution in [3.05, 3.63) is 46.5 Å². The van der Waals surface area contributed by atoms with Gasteiger partial charge in [0.25, 0.3) is 0 Å². The number of halogens is 2. The largest absolute Gasteiger partial charge is 0.344 e. The maximum absolute atomic E-state index is 13.2. The van der Waals surface area contributed by atoms with Gasteiger partial charge in [-0.05, 0) is 23.6 Å². The Balaban J connectivity index is 2.03. The van der Waals surface area contributed by atoms with Crippen LogP contribution in [0.4, 0.5) is 13.9 Å². The molecule has 1 heterocycles. The molecule has 0 radical (unpaired) electrons. The number of rotatable bonds is 6. The van der Waals surface area contributed by atoms with Gasteiger partial charge in [-0.3, -0.25) is 9.59 Å². The lowest BCUT2D eigenvalue weighted by Gasteiger charge is -2.20. The minimum Gasteiger partial charge on any atom is -0.344 e. The van der Waals surface area contributed by atoms with Crippen LogP contribution in [-0.4, -0.2) is 22.8 Å². The van der Waals surface area contributed by atoms with Gasteiger partial charge in [0.15, 0.2) is 16.8 Å². The molecule has 8 heteroatoms. The van der Waals surface area contributed by atoms with E-state index in [1.165, 1.54) is 24.3 Å². The summed E-state index contributed by atoms with van der Waals surface area (Å²) in [6.07, 6.45) is 1.95. The van der Waals surface area contributed by atoms with E-state index < -0.39 is 17.7 Å². The molecule has 0 saturated heterocycles. The summed E-state index contributed by atoms with van der Waals surface area (Å²) in [5.74, 6) is -2.50. The zero-order chi connectivity index (χ0) is 18.6. The fraction of sp³-hybridized carbons (Fsp3) is 0.353. The Labute approximate surface area is 148 Å². The number of nitrogens with one attached hydrogen (secondary N) is 2. The van der Waals surface area contributed by atoms with Crippen molar-refractivity contribution in [1.82, 2.24) is 10.3 Å². The van der Waals surface area contributed by atoms with E-state index >= 15 is 0 Å². The number of anilines is 1. The molecule has 0 saturated carbocycles. The SMILES string of the molecule is CC(=O)NC(C(=O)Nc1ncc(Cc2ccc(F)c(F)c2)s1)C(C)C. The molecule has 2 rings (SSSR count). The monoisotopic (exact) mass is 367 g/mol. The van der Waals surface area contributed by atoms with Crippen LogP contribution in [-0.2, 0) is 16.0 Å². The van der Waals surface area contributed by atoms with E-state index in [9.17, 15) is 18.4 Å². The van der Waals surface area contributed by atoms with Crippen molar-refractivity contribution in [3.63, 3.8) is 0 Å². The number of carbonyl (C=O) groups is 2. The molecule has 0 aliphatic rings. The minimum absolute atomic E-state index is 0.0782. The van der Waals surface area contributed by atoms with E-state index in [0.29, 0.717) is 17.1 Å². The lowest BCUT2D eigenvalue weighted by Crippen LogP contribution is -2.46. The highest BCUT2D eigenvalue weighted by molar-refractivity contribution is 7.15. The molecule has 2 aromatic rings. The number of hydrogen-bond donors (Lipinski definition) is 2. The lowest BCUT2D eigenvalue weighted by atomic mass is 10.0. The third-order valence-corrected chi connectivity index (χ3v) is 4.37. The number of hydrogen-bond acceptors (Lipinski definition) is 4. The van der Waals surface area contributed by atoms with Crippen LogP contribution < -0.4 is 10.6 Å². The fourth-order valence-corrected chi connectivity index (χ4v) is 3.08. The number of amides is 2. The van der Waals surface area contributed by atoms with Gasteiger partial charge in [0.1, 0.15) is 6.04 Å². The van der Waals surface area contributed by atoms with Gasteiger partial charge in [0.2, 0.25) is 11.8 Å². The molecule has 2 amide bonds. The van der Waals surface area contributed by atoms with Crippen LogP contribution in [0.25, 0.3) is 0 Å². The number of nitrogens with zero attached hydrogens (tertiary/aromatic N) is 1. The molecule has 0 spiro atoms. The van der Waals surface area contributed by atoms with Crippen molar-refractivity contribution in [2.45, 2.75) is 33.2 Å². The molecule has 25 heavy (non-hydrogen) atoms. The summed E-state index contributed by atoms with van der Waals surface area (Å²) in [7, 11) is 0. The Morgan fingerprint density at radius 1 is 1.24 bits per heavy atom. The molecular weight excluding hydrogens is 348 g/mol. The maximum Gasteiger partial charge on any atom is 0.248 e. The quantitative estimate of drug-likeness (QED) is 0.824. The Morgan fingerprint density at radius 2 is 1.96 bits per heavy atom. The fourth-order valence-electron chi connectivity index (χ4n) is 2.23. The summed E-state index contributed by atoms with van der Waals surface area (Å²) in [5, 5.41) is 5.67. The summed E-state index contributed by atoms with van der Waals surface area (Å²) < 4.78 is 26.2. The normalized spacial score (nSPS) is 12.1. The van der Waals surface area contributed by atoms with E-state index in [0.717, 1.165) is 17.0 Å². The van der Waals surface area contributed by atoms with Crippen molar-refractivity contribution < 1.29 is 18.4 Å². The van der Waals surface area contributed by atoms with Crippen LogP contribution in [0.1, 0.15) is 31.2 Å². The Morgan fingerprint density at radius 3 is 2.56 bits per heavy atom. The van der Waals surface area contributed by atoms with Crippen molar-refractivity contribution in [3.8, 4) is 0 Å². The molecule has 5 nitrogen and oxygen atoms in total. The summed E-state index contributed by atoms with van der Waals surface area (Å²) in [6, 6.07) is 3.06. The second-order valence-corrected chi connectivity index (χ2v) is 7.08. The van der Waals surface area contributed by atoms with Crippen LogP contribution in [0.2, 0.25) is 0 Å². The highest BCUT2D eigenvalue weighted by Gasteiger charge is 2.23. The minimum atomic E-state index is -0.898. The number of aromatic nitrogens is 1. The second-order valence-electron chi connectivity index (χ2n) is 5.97. The van der Waals surface area contributed by atoms with Gasteiger partial charge in [-0.2, -0.15) is 0 Å². The predicted molar refractivity (Wildman–Crippen MR) is 92.4 cm³/mol. The van der Waals surface area contributed by atoms with Crippen LogP contribution in [0.5, 0.6) is 0 Å². The third kappa shape index (κ3) is 5.32. The first-order valence-electron chi connectivity index (χ1n) is 7.73. The summed E-state index contributed by atoms with van der Waals surface area (Å²) in [5.41, 5.74) is 0.610. The summed E-state index contributed by atoms with van der Waals surface area (Å²) >= 11 is 1.24. The van der Waals surface area contributed by atoms with Gasteiger partial charge in [-0.1, -0.05) is 19.9 Å². The smallest absolute Gasteiger partial charge is 0.248 e. The second kappa shape index (κ2) is 8.15. The van der Waals surface area contributed by atoms with Crippen molar-refractivity contribution in [2.75, 3.05) is 5.32 Å². The number of carbonyl (C=O) groups excluding carboxylic acids is 2. The van der Waals surface area contributed by atoms with Crippen LogP contribution in [0, 0.1) is 17.6 Å². The van der Waals surface area contributed by atoms with Gasteiger partial charge in [0, 0.05) is 24.4 Å². The molecular formula is C17H19F2N3O2S. The predicted octanol–water partition coefficient (Wildman–Crippen LogP) is 3.11. The van der Waals surface area contributed by atoms with Crippen LogP contribution in [0.15, 0.2) is 24.4 Å². The third-order valence-electron chi connectivity index (χ3n) is 3.45. The van der Waals surface area contributed by atoms with E-state index in [1.807, 2.05) is 13.8 Å². The summed E-state index contributed by atoms with van der Waals surface area (Å²) in [4.78, 5) is 28.4. The molecule has 0 bridgehead atoms. The van der Waals surface area contributed by atoms with Crippen molar-refractivity contribution in [2.24, 2.45) is 5.92 Å². The Bertz CT molecular complexity index is 777. The highest BCUT2D eigenvalue weighted by atomic mass is 32.1. The van der Waals surface area contributed by atoms with Gasteiger partial charge in [0.05, 0.1) is 0 Å². The van der Waals surface area contributed by atoms with Gasteiger partial charge >= 0.3 is 0 Å². The topological polar surface area (TPSA) is 71.1 Å². The Hall–Kier alpha value is -2.35. The zero-order valence-corrected chi connectivity index (χ0v) is 14.9. The zero-order valence-electron chi connectivity index (χ0n) is 14.1. The molecule has 1 atom stereocenters. The standard InChI is InChI=1S/C17H19F2N3O2S/c1-9(2)15(21-10(3)23)16(24)22-17-20-8-12(25-17)6-11-4-5-13(18)14(19)7-11/h4-5,7-9,15H,6H2,1-3H3,(H,21,23)(H,20,22,24). The van der Waals surface area contributed by atoms with Crippen molar-refractivity contribution >= 4 is 28.3 Å². The number of thiazole rings is 1. The first-order valence-corrected chi connectivity index (χ1v) is 8.54. The molecule has 1 aromatic heterocycles. The molecule has 0 aliphatic carbocycles. The van der Waals surface area contributed by atoms with Crippen LogP contribution in [0.3, 0.4) is 0 Å². The molecule has 1 aromatic carbocycles. The molecule has 1 unspecified atom stereocenters. The molecule has 134 valence electrons. The molecule has 2 N–H and O–H groups in total. The van der Waals surface area contributed by atoms with E-state index in [4.69, 9.17) is 0 Å². The van der Waals surface area contributed by atoms with Gasteiger partial charge in [-0.15, -0.1) is 11.3 Å². The van der Waals surface area contributed by atoms with E-state index in [-0.39, 0.29) is 17.7 Å². The molecule has 0 aliphatic heterocycles. The average Bonchev–Trinajstić information content (AvgIpc) is 2.95. The Kier molecular flexibility index (Phi) is 6.19. The van der Waals surface area contributed by atoms with Gasteiger partial charge in [-0.25, -0.2) is 13.8 Å². The lowest BCUT2D eigenvalue weighted by molar-refractivity contribution is -0.126. The van der Waals surface area contributed by atoms with Gasteiger partial charge < -0.3 is 10.6 Å². The highest BCUT2D eigenvalue weighted by Crippen LogP contribution is 2.22. The van der Waals surface area contributed by atoms with Crippen LogP contribution >= 0.6 is 11.3 Å². The van der Waals surface area contributed by atoms with E-state index in [1.54, 1.807) is 6.20 Å². The average molecular weight is 367 g/mol. The summed E-state index contributed by atoms with van der Waals surface area (Å²) in [6.45, 7) is 5.01.